The van der Waals surface area contributed by atoms with Gasteiger partial charge in [-0.1, -0.05) is 35.0 Å². The van der Waals surface area contributed by atoms with Crippen LogP contribution in [-0.2, 0) is 11.3 Å². The van der Waals surface area contributed by atoms with Crippen LogP contribution in [0.3, 0.4) is 0 Å². The maximum Gasteiger partial charge on any atom is 0.224 e. The van der Waals surface area contributed by atoms with Gasteiger partial charge in [-0.05, 0) is 48.4 Å². The van der Waals surface area contributed by atoms with Crippen molar-refractivity contribution in [3.05, 3.63) is 58.1 Å². The number of hydrogen-bond acceptors (Lipinski definition) is 2. The molecule has 4 heteroatoms. The van der Waals surface area contributed by atoms with Crippen LogP contribution < -0.4 is 10.6 Å². The lowest BCUT2D eigenvalue weighted by Gasteiger charge is -2.09. The van der Waals surface area contributed by atoms with E-state index in [2.05, 4.69) is 51.7 Å². The summed E-state index contributed by atoms with van der Waals surface area (Å²) in [6, 6.07) is 14.1. The predicted molar refractivity (Wildman–Crippen MR) is 91.6 cm³/mol. The lowest BCUT2D eigenvalue weighted by molar-refractivity contribution is -0.115. The second-order valence-corrected chi connectivity index (χ2v) is 5.77. The van der Waals surface area contributed by atoms with Crippen LogP contribution in [0.5, 0.6) is 0 Å². The van der Waals surface area contributed by atoms with Gasteiger partial charge in [-0.3, -0.25) is 4.79 Å². The number of benzene rings is 2. The first-order chi connectivity index (χ1) is 10.1. The number of anilines is 2. The standard InChI is InChI=1S/C17H19BrN2O/c1-3-17(21)20-15-8-6-14(7-9-15)19-11-13-5-4-12(2)16(18)10-13/h4-10,19H,3,11H2,1-2H3,(H,20,21). The Labute approximate surface area is 133 Å². The third-order valence-corrected chi connectivity index (χ3v) is 4.08. The van der Waals surface area contributed by atoms with Gasteiger partial charge in [-0.2, -0.15) is 0 Å². The summed E-state index contributed by atoms with van der Waals surface area (Å²) in [6.45, 7) is 4.68. The molecule has 0 saturated carbocycles. The molecular formula is C17H19BrN2O. The average molecular weight is 347 g/mol. The number of aryl methyl sites for hydroxylation is 1. The lowest BCUT2D eigenvalue weighted by Crippen LogP contribution is -2.09. The van der Waals surface area contributed by atoms with Crippen molar-refractivity contribution in [1.29, 1.82) is 0 Å². The van der Waals surface area contributed by atoms with Gasteiger partial charge in [0, 0.05) is 28.8 Å². The first kappa shape index (κ1) is 15.6. The van der Waals surface area contributed by atoms with Crippen LogP contribution in [-0.4, -0.2) is 5.91 Å². The highest BCUT2D eigenvalue weighted by Gasteiger charge is 2.00. The highest BCUT2D eigenvalue weighted by molar-refractivity contribution is 9.10. The minimum atomic E-state index is 0.0280. The Balaban J connectivity index is 1.94. The molecule has 0 unspecified atom stereocenters. The smallest absolute Gasteiger partial charge is 0.224 e. The number of nitrogens with one attached hydrogen (secondary N) is 2. The third kappa shape index (κ3) is 4.60. The van der Waals surface area contributed by atoms with Crippen molar-refractivity contribution in [2.24, 2.45) is 0 Å². The van der Waals surface area contributed by atoms with Crippen molar-refractivity contribution >= 4 is 33.2 Å². The van der Waals surface area contributed by atoms with Crippen molar-refractivity contribution in [2.45, 2.75) is 26.8 Å². The van der Waals surface area contributed by atoms with Crippen molar-refractivity contribution in [1.82, 2.24) is 0 Å². The van der Waals surface area contributed by atoms with E-state index in [1.54, 1.807) is 0 Å². The van der Waals surface area contributed by atoms with E-state index in [0.717, 1.165) is 22.4 Å². The molecule has 0 aliphatic rings. The van der Waals surface area contributed by atoms with Gasteiger partial charge in [0.25, 0.3) is 0 Å². The maximum atomic E-state index is 11.3. The van der Waals surface area contributed by atoms with Crippen molar-refractivity contribution in [3.8, 4) is 0 Å². The molecule has 0 heterocycles. The van der Waals surface area contributed by atoms with Crippen LogP contribution in [0.25, 0.3) is 0 Å². The fraction of sp³-hybridized carbons (Fsp3) is 0.235. The minimum Gasteiger partial charge on any atom is -0.381 e. The fourth-order valence-corrected chi connectivity index (χ4v) is 2.30. The molecule has 2 aromatic rings. The highest BCUT2D eigenvalue weighted by Crippen LogP contribution is 2.19. The molecule has 0 aromatic heterocycles. The van der Waals surface area contributed by atoms with Gasteiger partial charge in [0.15, 0.2) is 0 Å². The first-order valence-corrected chi connectivity index (χ1v) is 7.76. The molecule has 0 bridgehead atoms. The number of carbonyl (C=O) groups is 1. The van der Waals surface area contributed by atoms with E-state index in [1.807, 2.05) is 31.2 Å². The molecule has 0 saturated heterocycles. The zero-order chi connectivity index (χ0) is 15.2. The number of rotatable bonds is 5. The Hall–Kier alpha value is -1.81. The quantitative estimate of drug-likeness (QED) is 0.822. The Morgan fingerprint density at radius 3 is 2.38 bits per heavy atom. The molecule has 0 fully saturated rings. The van der Waals surface area contributed by atoms with Crippen LogP contribution in [0.1, 0.15) is 24.5 Å². The van der Waals surface area contributed by atoms with Crippen molar-refractivity contribution < 1.29 is 4.79 Å². The van der Waals surface area contributed by atoms with Crippen LogP contribution >= 0.6 is 15.9 Å². The van der Waals surface area contributed by atoms with Crippen LogP contribution in [0.4, 0.5) is 11.4 Å². The summed E-state index contributed by atoms with van der Waals surface area (Å²) in [5.74, 6) is 0.0280. The van der Waals surface area contributed by atoms with E-state index in [4.69, 9.17) is 0 Å². The van der Waals surface area contributed by atoms with Crippen LogP contribution in [0, 0.1) is 6.92 Å². The van der Waals surface area contributed by atoms with E-state index >= 15 is 0 Å². The molecular weight excluding hydrogens is 328 g/mol. The van der Waals surface area contributed by atoms with Gasteiger partial charge >= 0.3 is 0 Å². The van der Waals surface area contributed by atoms with Gasteiger partial charge < -0.3 is 10.6 Å². The molecule has 0 atom stereocenters. The predicted octanol–water partition coefficient (Wildman–Crippen LogP) is 4.72. The Kier molecular flexibility index (Phi) is 5.39. The normalized spacial score (nSPS) is 10.2. The number of halogens is 1. The molecule has 110 valence electrons. The molecule has 2 rings (SSSR count). The summed E-state index contributed by atoms with van der Waals surface area (Å²) in [7, 11) is 0. The lowest BCUT2D eigenvalue weighted by atomic mass is 10.1. The topological polar surface area (TPSA) is 41.1 Å². The van der Waals surface area contributed by atoms with Gasteiger partial charge in [-0.25, -0.2) is 0 Å². The molecule has 2 aromatic carbocycles. The van der Waals surface area contributed by atoms with Crippen molar-refractivity contribution in [3.63, 3.8) is 0 Å². The molecule has 0 aliphatic heterocycles. The third-order valence-electron chi connectivity index (χ3n) is 3.22. The highest BCUT2D eigenvalue weighted by atomic mass is 79.9. The molecule has 21 heavy (non-hydrogen) atoms. The van der Waals surface area contributed by atoms with E-state index in [1.165, 1.54) is 11.1 Å². The fourth-order valence-electron chi connectivity index (χ4n) is 1.87. The molecule has 0 aliphatic carbocycles. The number of hydrogen-bond donors (Lipinski definition) is 2. The Morgan fingerprint density at radius 2 is 1.76 bits per heavy atom. The Morgan fingerprint density at radius 1 is 1.10 bits per heavy atom. The van der Waals surface area contributed by atoms with Crippen molar-refractivity contribution in [2.75, 3.05) is 10.6 Å². The van der Waals surface area contributed by atoms with Crippen LogP contribution in [0.2, 0.25) is 0 Å². The Bertz CT molecular complexity index is 623. The summed E-state index contributed by atoms with van der Waals surface area (Å²) >= 11 is 3.54. The summed E-state index contributed by atoms with van der Waals surface area (Å²) in [5.41, 5.74) is 4.30. The largest absolute Gasteiger partial charge is 0.381 e. The average Bonchev–Trinajstić information content (AvgIpc) is 2.50. The van der Waals surface area contributed by atoms with Gasteiger partial charge in [0.2, 0.25) is 5.91 Å². The maximum absolute atomic E-state index is 11.3. The molecule has 0 radical (unpaired) electrons. The van der Waals surface area contributed by atoms with Crippen LogP contribution in [0.15, 0.2) is 46.9 Å². The minimum absolute atomic E-state index is 0.0280. The van der Waals surface area contributed by atoms with E-state index < -0.39 is 0 Å². The van der Waals surface area contributed by atoms with Gasteiger partial charge in [-0.15, -0.1) is 0 Å². The second-order valence-electron chi connectivity index (χ2n) is 4.92. The van der Waals surface area contributed by atoms with E-state index in [-0.39, 0.29) is 5.91 Å². The zero-order valence-corrected chi connectivity index (χ0v) is 13.8. The first-order valence-electron chi connectivity index (χ1n) is 6.97. The van der Waals surface area contributed by atoms with E-state index in [0.29, 0.717) is 6.42 Å². The zero-order valence-electron chi connectivity index (χ0n) is 12.2. The summed E-state index contributed by atoms with van der Waals surface area (Å²) in [6.07, 6.45) is 0.488. The summed E-state index contributed by atoms with van der Waals surface area (Å²) in [5, 5.41) is 6.20. The summed E-state index contributed by atoms with van der Waals surface area (Å²) < 4.78 is 1.12. The molecule has 0 spiro atoms. The number of carbonyl (C=O) groups excluding carboxylic acids is 1. The second kappa shape index (κ2) is 7.27. The number of amides is 1. The SMILES string of the molecule is CCC(=O)Nc1ccc(NCc2ccc(C)c(Br)c2)cc1. The monoisotopic (exact) mass is 346 g/mol. The van der Waals surface area contributed by atoms with Gasteiger partial charge in [0.05, 0.1) is 0 Å². The summed E-state index contributed by atoms with van der Waals surface area (Å²) in [4.78, 5) is 11.3. The molecule has 1 amide bonds. The van der Waals surface area contributed by atoms with Gasteiger partial charge in [0.1, 0.15) is 0 Å². The van der Waals surface area contributed by atoms with E-state index in [9.17, 15) is 4.79 Å². The molecule has 2 N–H and O–H groups in total. The molecule has 3 nitrogen and oxygen atoms in total.